The van der Waals surface area contributed by atoms with E-state index in [-0.39, 0.29) is 11.3 Å². The van der Waals surface area contributed by atoms with Gasteiger partial charge < -0.3 is 15.1 Å². The minimum absolute atomic E-state index is 0.265. The number of hydrogen-bond donors (Lipinski definition) is 1. The van der Waals surface area contributed by atoms with E-state index in [0.717, 1.165) is 50.0 Å². The molecule has 3 rings (SSSR count). The van der Waals surface area contributed by atoms with E-state index >= 15 is 0 Å². The Balaban J connectivity index is 1.77. The molecule has 21 heavy (non-hydrogen) atoms. The first-order valence-corrected chi connectivity index (χ1v) is 8.21. The van der Waals surface area contributed by atoms with Gasteiger partial charge in [-0.2, -0.15) is 0 Å². The number of aryl methyl sites for hydroxylation is 1. The van der Waals surface area contributed by atoms with Gasteiger partial charge in [0.25, 0.3) is 0 Å². The predicted molar refractivity (Wildman–Crippen MR) is 81.6 cm³/mol. The third-order valence-corrected chi connectivity index (χ3v) is 5.03. The van der Waals surface area contributed by atoms with Crippen LogP contribution >= 0.6 is 0 Å². The highest BCUT2D eigenvalue weighted by molar-refractivity contribution is 5.83. The smallest absolute Gasteiger partial charge is 0.230 e. The van der Waals surface area contributed by atoms with Crippen molar-refractivity contribution in [2.45, 2.75) is 64.5 Å². The molecule has 0 aromatic carbocycles. The first-order chi connectivity index (χ1) is 10.1. The van der Waals surface area contributed by atoms with Crippen LogP contribution in [0, 0.1) is 12.3 Å². The Morgan fingerprint density at radius 2 is 2.05 bits per heavy atom. The van der Waals surface area contributed by atoms with Crippen LogP contribution in [-0.2, 0) is 11.3 Å². The Hall–Kier alpha value is -1.29. The molecule has 1 aromatic rings. The van der Waals surface area contributed by atoms with Crippen molar-refractivity contribution in [1.82, 2.24) is 4.90 Å². The minimum Gasteiger partial charge on any atom is -0.464 e. The summed E-state index contributed by atoms with van der Waals surface area (Å²) in [5.41, 5.74) is 5.71. The molecule has 0 aliphatic heterocycles. The lowest BCUT2D eigenvalue weighted by Gasteiger charge is -2.39. The summed E-state index contributed by atoms with van der Waals surface area (Å²) in [6.07, 6.45) is 7.61. The number of furan rings is 1. The minimum atomic E-state index is -0.317. The largest absolute Gasteiger partial charge is 0.464 e. The van der Waals surface area contributed by atoms with Crippen molar-refractivity contribution >= 4 is 5.91 Å². The molecule has 0 bridgehead atoms. The van der Waals surface area contributed by atoms with Crippen LogP contribution in [0.2, 0.25) is 0 Å². The highest BCUT2D eigenvalue weighted by Crippen LogP contribution is 2.40. The van der Waals surface area contributed by atoms with Crippen LogP contribution in [0.1, 0.15) is 56.5 Å². The SMILES string of the molecule is Cc1ccc(CN(C(=O)C2(CN)CCCCC2)C2CC2)o1. The van der Waals surface area contributed by atoms with Crippen molar-refractivity contribution in [3.05, 3.63) is 23.7 Å². The summed E-state index contributed by atoms with van der Waals surface area (Å²) in [5.74, 6) is 2.05. The number of nitrogens with zero attached hydrogens (tertiary/aromatic N) is 1. The number of carbonyl (C=O) groups is 1. The first-order valence-electron chi connectivity index (χ1n) is 8.21. The van der Waals surface area contributed by atoms with Gasteiger partial charge in [0.15, 0.2) is 0 Å². The normalized spacial score (nSPS) is 21.2. The third kappa shape index (κ3) is 3.00. The van der Waals surface area contributed by atoms with Gasteiger partial charge in [-0.3, -0.25) is 4.79 Å². The fourth-order valence-electron chi connectivity index (χ4n) is 3.53. The molecule has 1 aromatic heterocycles. The topological polar surface area (TPSA) is 59.5 Å². The molecule has 2 N–H and O–H groups in total. The maximum absolute atomic E-state index is 13.1. The quantitative estimate of drug-likeness (QED) is 0.907. The Labute approximate surface area is 126 Å². The lowest BCUT2D eigenvalue weighted by Crippen LogP contribution is -2.49. The summed E-state index contributed by atoms with van der Waals surface area (Å²) < 4.78 is 5.67. The van der Waals surface area contributed by atoms with Crippen molar-refractivity contribution in [2.75, 3.05) is 6.54 Å². The van der Waals surface area contributed by atoms with Gasteiger partial charge in [0.2, 0.25) is 5.91 Å². The van der Waals surface area contributed by atoms with Crippen molar-refractivity contribution < 1.29 is 9.21 Å². The van der Waals surface area contributed by atoms with E-state index in [0.29, 0.717) is 19.1 Å². The molecule has 0 atom stereocenters. The Kier molecular flexibility index (Phi) is 4.07. The summed E-state index contributed by atoms with van der Waals surface area (Å²) in [7, 11) is 0. The highest BCUT2D eigenvalue weighted by Gasteiger charge is 2.45. The second-order valence-electron chi connectivity index (χ2n) is 6.72. The highest BCUT2D eigenvalue weighted by atomic mass is 16.3. The zero-order valence-electron chi connectivity index (χ0n) is 12.9. The van der Waals surface area contributed by atoms with Gasteiger partial charge in [-0.05, 0) is 44.7 Å². The average molecular weight is 290 g/mol. The van der Waals surface area contributed by atoms with Crippen LogP contribution in [0.25, 0.3) is 0 Å². The van der Waals surface area contributed by atoms with Gasteiger partial charge in [0, 0.05) is 12.6 Å². The van der Waals surface area contributed by atoms with Crippen molar-refractivity contribution in [3.8, 4) is 0 Å². The molecule has 4 nitrogen and oxygen atoms in total. The van der Waals surface area contributed by atoms with Gasteiger partial charge in [-0.1, -0.05) is 19.3 Å². The van der Waals surface area contributed by atoms with Crippen LogP contribution < -0.4 is 5.73 Å². The fraction of sp³-hybridized carbons (Fsp3) is 0.706. The van der Waals surface area contributed by atoms with E-state index in [1.807, 2.05) is 24.0 Å². The van der Waals surface area contributed by atoms with E-state index in [1.165, 1.54) is 6.42 Å². The molecule has 2 fully saturated rings. The molecule has 0 unspecified atom stereocenters. The van der Waals surface area contributed by atoms with Crippen molar-refractivity contribution in [2.24, 2.45) is 11.1 Å². The van der Waals surface area contributed by atoms with Crippen LogP contribution in [0.15, 0.2) is 16.5 Å². The molecule has 0 spiro atoms. The molecule has 0 radical (unpaired) electrons. The Morgan fingerprint density at radius 3 is 2.57 bits per heavy atom. The summed E-state index contributed by atoms with van der Waals surface area (Å²) in [6.45, 7) is 3.01. The summed E-state index contributed by atoms with van der Waals surface area (Å²) in [4.78, 5) is 15.2. The molecule has 4 heteroatoms. The Bertz CT molecular complexity index is 499. The summed E-state index contributed by atoms with van der Waals surface area (Å²) in [5, 5.41) is 0. The standard InChI is InChI=1S/C17H26N2O2/c1-13-5-8-15(21-13)11-19(14-6-7-14)16(20)17(12-18)9-3-2-4-10-17/h5,8,14H,2-4,6-7,9-12,18H2,1H3. The average Bonchev–Trinajstić information content (AvgIpc) is 3.27. The first kappa shape index (κ1) is 14.6. The van der Waals surface area contributed by atoms with E-state index in [9.17, 15) is 4.79 Å². The second kappa shape index (κ2) is 5.84. The summed E-state index contributed by atoms with van der Waals surface area (Å²) >= 11 is 0. The fourth-order valence-corrected chi connectivity index (χ4v) is 3.53. The van der Waals surface area contributed by atoms with E-state index in [4.69, 9.17) is 10.2 Å². The van der Waals surface area contributed by atoms with E-state index in [1.54, 1.807) is 0 Å². The van der Waals surface area contributed by atoms with Gasteiger partial charge in [-0.25, -0.2) is 0 Å². The van der Waals surface area contributed by atoms with Gasteiger partial charge in [-0.15, -0.1) is 0 Å². The van der Waals surface area contributed by atoms with Gasteiger partial charge in [0.1, 0.15) is 11.5 Å². The van der Waals surface area contributed by atoms with E-state index < -0.39 is 0 Å². The molecule has 2 aliphatic carbocycles. The predicted octanol–water partition coefficient (Wildman–Crippen LogP) is 2.99. The lowest BCUT2D eigenvalue weighted by molar-refractivity contribution is -0.145. The van der Waals surface area contributed by atoms with Crippen LogP contribution in [0.4, 0.5) is 0 Å². The summed E-state index contributed by atoms with van der Waals surface area (Å²) in [6, 6.07) is 4.34. The Morgan fingerprint density at radius 1 is 1.33 bits per heavy atom. The monoisotopic (exact) mass is 290 g/mol. The number of amides is 1. The number of rotatable bonds is 5. The maximum Gasteiger partial charge on any atom is 0.230 e. The molecule has 1 amide bonds. The van der Waals surface area contributed by atoms with Gasteiger partial charge >= 0.3 is 0 Å². The van der Waals surface area contributed by atoms with Crippen LogP contribution in [-0.4, -0.2) is 23.4 Å². The van der Waals surface area contributed by atoms with Crippen LogP contribution in [0.3, 0.4) is 0 Å². The molecule has 1 heterocycles. The van der Waals surface area contributed by atoms with Crippen LogP contribution in [0.5, 0.6) is 0 Å². The number of hydrogen-bond acceptors (Lipinski definition) is 3. The number of carbonyl (C=O) groups excluding carboxylic acids is 1. The zero-order valence-corrected chi connectivity index (χ0v) is 12.9. The zero-order chi connectivity index (χ0) is 14.9. The number of nitrogens with two attached hydrogens (primary N) is 1. The van der Waals surface area contributed by atoms with Crippen molar-refractivity contribution in [1.29, 1.82) is 0 Å². The van der Waals surface area contributed by atoms with Gasteiger partial charge in [0.05, 0.1) is 12.0 Å². The lowest BCUT2D eigenvalue weighted by atomic mass is 9.73. The third-order valence-electron chi connectivity index (χ3n) is 5.03. The second-order valence-corrected chi connectivity index (χ2v) is 6.72. The molecular formula is C17H26N2O2. The molecule has 2 aliphatic rings. The maximum atomic E-state index is 13.1. The van der Waals surface area contributed by atoms with E-state index in [2.05, 4.69) is 0 Å². The molecule has 2 saturated carbocycles. The molecular weight excluding hydrogens is 264 g/mol. The molecule has 116 valence electrons. The molecule has 0 saturated heterocycles. The van der Waals surface area contributed by atoms with Crippen molar-refractivity contribution in [3.63, 3.8) is 0 Å².